The van der Waals surface area contributed by atoms with Gasteiger partial charge in [-0.2, -0.15) is 0 Å². The molecule has 0 saturated carbocycles. The van der Waals surface area contributed by atoms with Crippen LogP contribution in [0.1, 0.15) is 11.4 Å². The first kappa shape index (κ1) is 12.3. The molecule has 5 heteroatoms. The summed E-state index contributed by atoms with van der Waals surface area (Å²) >= 11 is 0. The van der Waals surface area contributed by atoms with Crippen LogP contribution in [0, 0.1) is 19.7 Å². The Morgan fingerprint density at radius 3 is 2.44 bits per heavy atom. The van der Waals surface area contributed by atoms with Crippen molar-refractivity contribution >= 4 is 17.3 Å². The second-order valence-electron chi connectivity index (χ2n) is 4.02. The summed E-state index contributed by atoms with van der Waals surface area (Å²) in [6.07, 6.45) is 0. The topological polar surface area (TPSA) is 49.8 Å². The van der Waals surface area contributed by atoms with Gasteiger partial charge in [0.05, 0.1) is 0 Å². The van der Waals surface area contributed by atoms with Crippen molar-refractivity contribution in [3.63, 3.8) is 0 Å². The van der Waals surface area contributed by atoms with Crippen molar-refractivity contribution in [2.75, 3.05) is 17.7 Å². The molecule has 0 aliphatic rings. The van der Waals surface area contributed by atoms with Gasteiger partial charge in [0.2, 0.25) is 0 Å². The van der Waals surface area contributed by atoms with Crippen molar-refractivity contribution in [2.45, 2.75) is 13.8 Å². The lowest BCUT2D eigenvalue weighted by molar-refractivity contribution is 0.627. The highest BCUT2D eigenvalue weighted by Crippen LogP contribution is 2.21. The molecule has 2 rings (SSSR count). The van der Waals surface area contributed by atoms with Gasteiger partial charge in [0, 0.05) is 18.8 Å². The van der Waals surface area contributed by atoms with Crippen molar-refractivity contribution in [3.05, 3.63) is 41.5 Å². The molecule has 0 fully saturated rings. The number of aromatic nitrogens is 2. The number of nitrogens with one attached hydrogen (secondary N) is 2. The highest BCUT2D eigenvalue weighted by molar-refractivity contribution is 5.62. The average molecular weight is 246 g/mol. The number of rotatable bonds is 3. The maximum Gasteiger partial charge on any atom is 0.136 e. The predicted octanol–water partition coefficient (Wildman–Crippen LogP) is 3.02. The van der Waals surface area contributed by atoms with Crippen LogP contribution in [-0.2, 0) is 0 Å². The maximum atomic E-state index is 13.0. The van der Waals surface area contributed by atoms with Gasteiger partial charge in [0.15, 0.2) is 0 Å². The summed E-state index contributed by atoms with van der Waals surface area (Å²) in [6, 6.07) is 6.40. The van der Waals surface area contributed by atoms with Crippen molar-refractivity contribution in [1.82, 2.24) is 9.97 Å². The molecule has 0 radical (unpaired) electrons. The van der Waals surface area contributed by atoms with E-state index in [2.05, 4.69) is 20.6 Å². The average Bonchev–Trinajstić information content (AvgIpc) is 2.32. The van der Waals surface area contributed by atoms with Gasteiger partial charge >= 0.3 is 0 Å². The number of hydrogen-bond acceptors (Lipinski definition) is 4. The van der Waals surface area contributed by atoms with Gasteiger partial charge in [0.1, 0.15) is 23.3 Å². The number of anilines is 3. The Morgan fingerprint density at radius 1 is 1.06 bits per heavy atom. The third-order valence-corrected chi connectivity index (χ3v) is 2.55. The smallest absolute Gasteiger partial charge is 0.136 e. The molecule has 0 amide bonds. The lowest BCUT2D eigenvalue weighted by Gasteiger charge is -2.10. The van der Waals surface area contributed by atoms with Crippen LogP contribution >= 0.6 is 0 Å². The molecule has 18 heavy (non-hydrogen) atoms. The molecular weight excluding hydrogens is 231 g/mol. The molecule has 0 aliphatic carbocycles. The van der Waals surface area contributed by atoms with Crippen molar-refractivity contribution in [2.24, 2.45) is 0 Å². The zero-order valence-electron chi connectivity index (χ0n) is 10.6. The van der Waals surface area contributed by atoms with Crippen molar-refractivity contribution in [3.8, 4) is 0 Å². The van der Waals surface area contributed by atoms with Crippen LogP contribution in [-0.4, -0.2) is 17.0 Å². The Balaban J connectivity index is 2.30. The van der Waals surface area contributed by atoms with Crippen LogP contribution in [0.25, 0.3) is 0 Å². The lowest BCUT2D eigenvalue weighted by atomic mass is 10.2. The van der Waals surface area contributed by atoms with E-state index < -0.39 is 0 Å². The molecule has 1 heterocycles. The number of aryl methyl sites for hydroxylation is 2. The van der Waals surface area contributed by atoms with Gasteiger partial charge in [-0.3, -0.25) is 0 Å². The summed E-state index contributed by atoms with van der Waals surface area (Å²) in [6.45, 7) is 3.67. The van der Waals surface area contributed by atoms with Gasteiger partial charge in [-0.25, -0.2) is 14.4 Å². The fraction of sp³-hybridized carbons (Fsp3) is 0.231. The first-order chi connectivity index (χ1) is 8.58. The number of hydrogen-bond donors (Lipinski definition) is 2. The van der Waals surface area contributed by atoms with E-state index in [-0.39, 0.29) is 5.82 Å². The summed E-state index contributed by atoms with van der Waals surface area (Å²) in [5.41, 5.74) is 1.66. The Kier molecular flexibility index (Phi) is 3.41. The highest BCUT2D eigenvalue weighted by Gasteiger charge is 2.04. The number of nitrogens with zero attached hydrogens (tertiary/aromatic N) is 2. The lowest BCUT2D eigenvalue weighted by Crippen LogP contribution is -2.02. The normalized spacial score (nSPS) is 10.2. The minimum Gasteiger partial charge on any atom is -0.373 e. The minimum atomic E-state index is -0.243. The predicted molar refractivity (Wildman–Crippen MR) is 70.7 cm³/mol. The Morgan fingerprint density at radius 2 is 1.78 bits per heavy atom. The van der Waals surface area contributed by atoms with Gasteiger partial charge in [-0.05, 0) is 37.6 Å². The molecule has 2 aromatic rings. The molecular formula is C13H15FN4. The van der Waals surface area contributed by atoms with Gasteiger partial charge in [-0.1, -0.05) is 0 Å². The molecule has 0 atom stereocenters. The zero-order valence-corrected chi connectivity index (χ0v) is 10.6. The third kappa shape index (κ3) is 2.74. The Labute approximate surface area is 105 Å². The standard InChI is InChI=1S/C13H15FN4/c1-8-6-10(14)4-5-11(8)18-13-7-12(15-3)16-9(2)17-13/h4-7H,1-3H3,(H2,15,16,17,18). The van der Waals surface area contributed by atoms with Crippen LogP contribution in [0.2, 0.25) is 0 Å². The third-order valence-electron chi connectivity index (χ3n) is 2.55. The molecule has 4 nitrogen and oxygen atoms in total. The fourth-order valence-corrected chi connectivity index (χ4v) is 1.67. The van der Waals surface area contributed by atoms with Crippen LogP contribution in [0.3, 0.4) is 0 Å². The molecule has 1 aromatic carbocycles. The van der Waals surface area contributed by atoms with E-state index in [0.29, 0.717) is 11.6 Å². The van der Waals surface area contributed by atoms with E-state index in [1.54, 1.807) is 19.2 Å². The van der Waals surface area contributed by atoms with E-state index in [9.17, 15) is 4.39 Å². The first-order valence-corrected chi connectivity index (χ1v) is 5.65. The molecule has 2 N–H and O–H groups in total. The Hall–Kier alpha value is -2.17. The summed E-state index contributed by atoms with van der Waals surface area (Å²) in [7, 11) is 1.80. The summed E-state index contributed by atoms with van der Waals surface area (Å²) in [5, 5.41) is 6.12. The van der Waals surface area contributed by atoms with E-state index in [1.807, 2.05) is 13.8 Å². The second kappa shape index (κ2) is 5.00. The van der Waals surface area contributed by atoms with Crippen LogP contribution in [0.5, 0.6) is 0 Å². The molecule has 0 spiro atoms. The minimum absolute atomic E-state index is 0.243. The van der Waals surface area contributed by atoms with E-state index in [0.717, 1.165) is 17.1 Å². The number of benzene rings is 1. The molecule has 0 saturated heterocycles. The monoisotopic (exact) mass is 246 g/mol. The van der Waals surface area contributed by atoms with E-state index >= 15 is 0 Å². The van der Waals surface area contributed by atoms with Gasteiger partial charge in [-0.15, -0.1) is 0 Å². The highest BCUT2D eigenvalue weighted by atomic mass is 19.1. The summed E-state index contributed by atoms with van der Waals surface area (Å²) in [4.78, 5) is 8.49. The van der Waals surface area contributed by atoms with Gasteiger partial charge < -0.3 is 10.6 Å². The van der Waals surface area contributed by atoms with Crippen molar-refractivity contribution in [1.29, 1.82) is 0 Å². The zero-order chi connectivity index (χ0) is 13.1. The molecule has 94 valence electrons. The van der Waals surface area contributed by atoms with Crippen LogP contribution in [0.4, 0.5) is 21.7 Å². The van der Waals surface area contributed by atoms with Gasteiger partial charge in [0.25, 0.3) is 0 Å². The van der Waals surface area contributed by atoms with E-state index in [4.69, 9.17) is 0 Å². The van der Waals surface area contributed by atoms with Crippen molar-refractivity contribution < 1.29 is 4.39 Å². The molecule has 0 bridgehead atoms. The first-order valence-electron chi connectivity index (χ1n) is 5.65. The number of halogens is 1. The molecule has 0 unspecified atom stereocenters. The molecule has 1 aromatic heterocycles. The largest absolute Gasteiger partial charge is 0.373 e. The fourth-order valence-electron chi connectivity index (χ4n) is 1.67. The molecule has 0 aliphatic heterocycles. The SMILES string of the molecule is CNc1cc(Nc2ccc(F)cc2C)nc(C)n1. The van der Waals surface area contributed by atoms with Crippen LogP contribution in [0.15, 0.2) is 24.3 Å². The quantitative estimate of drug-likeness (QED) is 0.874. The Bertz CT molecular complexity index is 569. The second-order valence-corrected chi connectivity index (χ2v) is 4.02. The van der Waals surface area contributed by atoms with E-state index in [1.165, 1.54) is 12.1 Å². The summed E-state index contributed by atoms with van der Waals surface area (Å²) in [5.74, 6) is 1.85. The van der Waals surface area contributed by atoms with Crippen LogP contribution < -0.4 is 10.6 Å². The summed E-state index contributed by atoms with van der Waals surface area (Å²) < 4.78 is 13.0. The maximum absolute atomic E-state index is 13.0.